The summed E-state index contributed by atoms with van der Waals surface area (Å²) in [6, 6.07) is 13.8. The van der Waals surface area contributed by atoms with Crippen molar-refractivity contribution in [2.75, 3.05) is 18.9 Å². The van der Waals surface area contributed by atoms with Crippen LogP contribution in [0.3, 0.4) is 0 Å². The Morgan fingerprint density at radius 1 is 1.28 bits per heavy atom. The van der Waals surface area contributed by atoms with E-state index in [0.717, 1.165) is 15.2 Å². The van der Waals surface area contributed by atoms with Crippen LogP contribution in [-0.4, -0.2) is 34.3 Å². The minimum atomic E-state index is -0.491. The van der Waals surface area contributed by atoms with Crippen LogP contribution in [0.1, 0.15) is 5.01 Å². The van der Waals surface area contributed by atoms with E-state index in [4.69, 9.17) is 0 Å². The molecule has 1 N–H and O–H groups in total. The second kappa shape index (κ2) is 7.37. The van der Waals surface area contributed by atoms with E-state index < -0.39 is 4.92 Å². The fourth-order valence-electron chi connectivity index (χ4n) is 2.42. The molecule has 0 saturated heterocycles. The Morgan fingerprint density at radius 2 is 2.08 bits per heavy atom. The maximum atomic E-state index is 12.1. The first-order valence-corrected chi connectivity index (χ1v) is 8.40. The van der Waals surface area contributed by atoms with Gasteiger partial charge in [0.25, 0.3) is 5.69 Å². The van der Waals surface area contributed by atoms with Crippen molar-refractivity contribution in [1.29, 1.82) is 0 Å². The number of para-hydroxylation sites is 1. The fourth-order valence-corrected chi connectivity index (χ4v) is 3.46. The maximum absolute atomic E-state index is 12.1. The molecule has 0 fully saturated rings. The second-order valence-electron chi connectivity index (χ2n) is 5.60. The number of nitro benzene ring substituents is 1. The Hall–Kier alpha value is -2.84. The van der Waals surface area contributed by atoms with Crippen molar-refractivity contribution in [3.63, 3.8) is 0 Å². The van der Waals surface area contributed by atoms with E-state index in [1.54, 1.807) is 23.5 Å². The van der Waals surface area contributed by atoms with Crippen molar-refractivity contribution in [1.82, 2.24) is 9.88 Å². The molecule has 1 heterocycles. The minimum absolute atomic E-state index is 0.0550. The zero-order chi connectivity index (χ0) is 17.8. The topological polar surface area (TPSA) is 88.4 Å². The number of nitrogens with one attached hydrogen (secondary N) is 1. The van der Waals surface area contributed by atoms with Gasteiger partial charge in [0.2, 0.25) is 5.91 Å². The molecule has 8 heteroatoms. The number of benzene rings is 2. The molecular weight excluding hydrogens is 340 g/mol. The van der Waals surface area contributed by atoms with Gasteiger partial charge in [-0.15, -0.1) is 11.3 Å². The molecule has 3 rings (SSSR count). The van der Waals surface area contributed by atoms with E-state index in [0.29, 0.717) is 12.2 Å². The number of fused-ring (bicyclic) bond motifs is 1. The van der Waals surface area contributed by atoms with Crippen LogP contribution < -0.4 is 5.32 Å². The third kappa shape index (κ3) is 4.37. The number of amides is 1. The number of thiazole rings is 1. The SMILES string of the molecule is CN(CC(=O)Nc1cccc([N+](=O)[O-])c1)Cc1nc2ccccc2s1. The highest BCUT2D eigenvalue weighted by molar-refractivity contribution is 7.18. The standard InChI is InChI=1S/C17H16N4O3S/c1-20(11-17-19-14-7-2-3-8-15(14)25-17)10-16(22)18-12-5-4-6-13(9-12)21(23)24/h2-9H,10-11H2,1H3,(H,18,22). The molecule has 0 aliphatic rings. The lowest BCUT2D eigenvalue weighted by atomic mass is 10.3. The number of aromatic nitrogens is 1. The lowest BCUT2D eigenvalue weighted by molar-refractivity contribution is -0.384. The number of carbonyl (C=O) groups is 1. The summed E-state index contributed by atoms with van der Waals surface area (Å²) >= 11 is 1.60. The number of hydrogen-bond donors (Lipinski definition) is 1. The molecule has 0 radical (unpaired) electrons. The molecule has 0 bridgehead atoms. The Bertz CT molecular complexity index is 892. The van der Waals surface area contributed by atoms with Crippen LogP contribution in [0.5, 0.6) is 0 Å². The molecule has 0 aliphatic carbocycles. The van der Waals surface area contributed by atoms with Crippen molar-refractivity contribution < 1.29 is 9.72 Å². The first kappa shape index (κ1) is 17.0. The minimum Gasteiger partial charge on any atom is -0.325 e. The van der Waals surface area contributed by atoms with Crippen LogP contribution in [0.25, 0.3) is 10.2 Å². The zero-order valence-corrected chi connectivity index (χ0v) is 14.3. The first-order valence-electron chi connectivity index (χ1n) is 7.58. The molecule has 2 aromatic carbocycles. The summed E-state index contributed by atoms with van der Waals surface area (Å²) in [5.74, 6) is -0.232. The lowest BCUT2D eigenvalue weighted by Gasteiger charge is -2.14. The van der Waals surface area contributed by atoms with Crippen molar-refractivity contribution in [3.8, 4) is 0 Å². The third-order valence-corrected chi connectivity index (χ3v) is 4.52. The first-order chi connectivity index (χ1) is 12.0. The van der Waals surface area contributed by atoms with E-state index in [9.17, 15) is 14.9 Å². The van der Waals surface area contributed by atoms with Crippen molar-refractivity contribution in [2.45, 2.75) is 6.54 Å². The van der Waals surface area contributed by atoms with E-state index >= 15 is 0 Å². The number of rotatable bonds is 6. The number of nitrogens with zero attached hydrogens (tertiary/aromatic N) is 3. The Kier molecular flexibility index (Phi) is 5.01. The molecule has 0 saturated carbocycles. The monoisotopic (exact) mass is 356 g/mol. The Labute approximate surface area is 148 Å². The van der Waals surface area contributed by atoms with Crippen LogP contribution in [0, 0.1) is 10.1 Å². The molecule has 1 aromatic heterocycles. The summed E-state index contributed by atoms with van der Waals surface area (Å²) in [4.78, 5) is 28.8. The highest BCUT2D eigenvalue weighted by atomic mass is 32.1. The van der Waals surface area contributed by atoms with E-state index in [1.807, 2.05) is 36.2 Å². The summed E-state index contributed by atoms with van der Waals surface area (Å²) in [7, 11) is 1.83. The molecule has 0 aliphatic heterocycles. The number of non-ortho nitro benzene ring substituents is 1. The highest BCUT2D eigenvalue weighted by Gasteiger charge is 2.12. The van der Waals surface area contributed by atoms with Gasteiger partial charge in [0.1, 0.15) is 5.01 Å². The number of carbonyl (C=O) groups excluding carboxylic acids is 1. The highest BCUT2D eigenvalue weighted by Crippen LogP contribution is 2.22. The van der Waals surface area contributed by atoms with Gasteiger partial charge in [0.05, 0.1) is 28.2 Å². The molecule has 0 atom stereocenters. The molecule has 3 aromatic rings. The van der Waals surface area contributed by atoms with Gasteiger partial charge in [-0.25, -0.2) is 4.98 Å². The average molecular weight is 356 g/mol. The van der Waals surface area contributed by atoms with Crippen molar-refractivity contribution in [3.05, 3.63) is 63.7 Å². The van der Waals surface area contributed by atoms with Gasteiger partial charge in [0.15, 0.2) is 0 Å². The van der Waals surface area contributed by atoms with Gasteiger partial charge in [-0.2, -0.15) is 0 Å². The summed E-state index contributed by atoms with van der Waals surface area (Å²) in [6.45, 7) is 0.723. The van der Waals surface area contributed by atoms with E-state index in [-0.39, 0.29) is 18.1 Å². The van der Waals surface area contributed by atoms with Gasteiger partial charge in [-0.3, -0.25) is 19.8 Å². The largest absolute Gasteiger partial charge is 0.325 e. The molecule has 25 heavy (non-hydrogen) atoms. The van der Waals surface area contributed by atoms with Gasteiger partial charge in [-0.05, 0) is 25.2 Å². The summed E-state index contributed by atoms with van der Waals surface area (Å²) < 4.78 is 1.12. The fraction of sp³-hybridized carbons (Fsp3) is 0.176. The van der Waals surface area contributed by atoms with Crippen LogP contribution in [0.15, 0.2) is 48.5 Å². The van der Waals surface area contributed by atoms with E-state index in [1.165, 1.54) is 12.1 Å². The third-order valence-electron chi connectivity index (χ3n) is 3.50. The molecule has 128 valence electrons. The van der Waals surface area contributed by atoms with Crippen LogP contribution >= 0.6 is 11.3 Å². The Balaban J connectivity index is 1.58. The number of anilines is 1. The van der Waals surface area contributed by atoms with Gasteiger partial charge in [0, 0.05) is 17.8 Å². The molecular formula is C17H16N4O3S. The van der Waals surface area contributed by atoms with Crippen LogP contribution in [0.2, 0.25) is 0 Å². The van der Waals surface area contributed by atoms with E-state index in [2.05, 4.69) is 10.3 Å². The average Bonchev–Trinajstić information content (AvgIpc) is 2.96. The molecule has 1 amide bonds. The normalized spacial score (nSPS) is 11.0. The predicted molar refractivity (Wildman–Crippen MR) is 97.7 cm³/mol. The molecule has 0 unspecified atom stereocenters. The number of hydrogen-bond acceptors (Lipinski definition) is 6. The van der Waals surface area contributed by atoms with Gasteiger partial charge in [-0.1, -0.05) is 18.2 Å². The van der Waals surface area contributed by atoms with Gasteiger partial charge < -0.3 is 5.32 Å². The summed E-state index contributed by atoms with van der Waals surface area (Å²) in [5, 5.41) is 14.4. The number of nitro groups is 1. The van der Waals surface area contributed by atoms with Crippen molar-refractivity contribution >= 4 is 38.8 Å². The summed E-state index contributed by atoms with van der Waals surface area (Å²) in [6.07, 6.45) is 0. The Morgan fingerprint density at radius 3 is 2.84 bits per heavy atom. The number of likely N-dealkylation sites (N-methyl/N-ethyl adjacent to an activating group) is 1. The summed E-state index contributed by atoms with van der Waals surface area (Å²) in [5.41, 5.74) is 1.31. The lowest BCUT2D eigenvalue weighted by Crippen LogP contribution is -2.29. The van der Waals surface area contributed by atoms with Crippen LogP contribution in [0.4, 0.5) is 11.4 Å². The van der Waals surface area contributed by atoms with Crippen LogP contribution in [-0.2, 0) is 11.3 Å². The predicted octanol–water partition coefficient (Wildman–Crippen LogP) is 3.28. The maximum Gasteiger partial charge on any atom is 0.271 e. The van der Waals surface area contributed by atoms with Crippen molar-refractivity contribution in [2.24, 2.45) is 0 Å². The molecule has 7 nitrogen and oxygen atoms in total. The quantitative estimate of drug-likeness (QED) is 0.541. The molecule has 0 spiro atoms. The smallest absolute Gasteiger partial charge is 0.271 e. The van der Waals surface area contributed by atoms with Gasteiger partial charge >= 0.3 is 0 Å². The zero-order valence-electron chi connectivity index (χ0n) is 13.5. The second-order valence-corrected chi connectivity index (χ2v) is 6.72.